The lowest BCUT2D eigenvalue weighted by Crippen LogP contribution is -2.21. The van der Waals surface area contributed by atoms with Crippen LogP contribution in [-0.4, -0.2) is 28.0 Å². The van der Waals surface area contributed by atoms with Crippen molar-refractivity contribution in [2.75, 3.05) is 18.4 Å². The molecule has 0 aliphatic carbocycles. The number of hydrogen-bond donors (Lipinski definition) is 3. The topological polar surface area (TPSA) is 74.8 Å². The quantitative estimate of drug-likeness (QED) is 0.685. The molecule has 0 spiro atoms. The molecule has 1 aliphatic heterocycles. The molecule has 0 radical (unpaired) electrons. The van der Waals surface area contributed by atoms with Gasteiger partial charge in [0.05, 0.1) is 11.7 Å². The van der Waals surface area contributed by atoms with Crippen LogP contribution in [0.1, 0.15) is 30.3 Å². The number of fused-ring (bicyclic) bond motifs is 1. The number of hydrogen-bond acceptors (Lipinski definition) is 6. The molecule has 1 saturated heterocycles. The summed E-state index contributed by atoms with van der Waals surface area (Å²) in [6, 6.07) is 12.5. The molecule has 2 aromatic heterocycles. The van der Waals surface area contributed by atoms with E-state index in [9.17, 15) is 0 Å². The number of nitrogens with one attached hydrogen (secondary N) is 3. The number of hydrazine groups is 1. The Morgan fingerprint density at radius 2 is 1.88 bits per heavy atom. The first-order valence-corrected chi connectivity index (χ1v) is 8.20. The van der Waals surface area contributed by atoms with Crippen molar-refractivity contribution in [1.29, 1.82) is 0 Å². The van der Waals surface area contributed by atoms with Gasteiger partial charge in [0.2, 0.25) is 0 Å². The molecule has 0 amide bonds. The van der Waals surface area contributed by atoms with Crippen LogP contribution >= 0.6 is 0 Å². The molecule has 3 N–H and O–H groups in total. The fourth-order valence-corrected chi connectivity index (χ4v) is 2.97. The molecule has 1 aromatic carbocycles. The van der Waals surface area contributed by atoms with Crippen molar-refractivity contribution in [2.24, 2.45) is 0 Å². The van der Waals surface area contributed by atoms with Crippen LogP contribution < -0.4 is 16.2 Å². The normalized spacial score (nSPS) is 16.4. The van der Waals surface area contributed by atoms with E-state index in [0.717, 1.165) is 35.6 Å². The maximum Gasteiger partial charge on any atom is 0.138 e. The summed E-state index contributed by atoms with van der Waals surface area (Å²) in [6.45, 7) is 3.81. The van der Waals surface area contributed by atoms with E-state index in [1.807, 2.05) is 12.1 Å². The Kier molecular flexibility index (Phi) is 4.06. The summed E-state index contributed by atoms with van der Waals surface area (Å²) in [4.78, 5) is 13.7. The molecule has 1 fully saturated rings. The van der Waals surface area contributed by atoms with Gasteiger partial charge in [-0.05, 0) is 18.6 Å². The van der Waals surface area contributed by atoms with Gasteiger partial charge in [-0.15, -0.1) is 0 Å². The highest BCUT2D eigenvalue weighted by molar-refractivity contribution is 5.88. The Morgan fingerprint density at radius 3 is 2.67 bits per heavy atom. The predicted octanol–water partition coefficient (Wildman–Crippen LogP) is 2.39. The Labute approximate surface area is 140 Å². The van der Waals surface area contributed by atoms with E-state index >= 15 is 0 Å². The largest absolute Gasteiger partial charge is 0.363 e. The van der Waals surface area contributed by atoms with Crippen molar-refractivity contribution < 1.29 is 0 Å². The first kappa shape index (κ1) is 15.0. The van der Waals surface area contributed by atoms with Crippen LogP contribution in [0.2, 0.25) is 0 Å². The number of nitrogens with zero attached hydrogens (tertiary/aromatic N) is 3. The van der Waals surface area contributed by atoms with Gasteiger partial charge in [-0.3, -0.25) is 15.8 Å². The Balaban J connectivity index is 1.72. The van der Waals surface area contributed by atoms with Gasteiger partial charge in [-0.1, -0.05) is 30.3 Å². The van der Waals surface area contributed by atoms with Crippen LogP contribution in [0.5, 0.6) is 0 Å². The second-order valence-corrected chi connectivity index (χ2v) is 6.06. The first-order chi connectivity index (χ1) is 11.8. The maximum atomic E-state index is 4.82. The van der Waals surface area contributed by atoms with Gasteiger partial charge in [-0.2, -0.15) is 0 Å². The maximum absolute atomic E-state index is 4.82. The Hall–Kier alpha value is -2.57. The molecule has 6 heteroatoms. The zero-order chi connectivity index (χ0) is 16.4. The predicted molar refractivity (Wildman–Crippen MR) is 94.6 cm³/mol. The fraction of sp³-hybridized carbons (Fsp3) is 0.278. The van der Waals surface area contributed by atoms with Crippen molar-refractivity contribution >= 4 is 16.7 Å². The fourth-order valence-electron chi connectivity index (χ4n) is 2.97. The van der Waals surface area contributed by atoms with E-state index in [4.69, 9.17) is 9.97 Å². The van der Waals surface area contributed by atoms with Crippen LogP contribution in [0, 0.1) is 0 Å². The van der Waals surface area contributed by atoms with Crippen molar-refractivity contribution in [3.63, 3.8) is 0 Å². The smallest absolute Gasteiger partial charge is 0.138 e. The first-order valence-electron chi connectivity index (χ1n) is 8.20. The molecule has 0 saturated carbocycles. The lowest BCUT2D eigenvalue weighted by Gasteiger charge is -2.18. The molecule has 24 heavy (non-hydrogen) atoms. The highest BCUT2D eigenvalue weighted by Crippen LogP contribution is 2.26. The number of pyridine rings is 1. The van der Waals surface area contributed by atoms with Crippen molar-refractivity contribution in [3.05, 3.63) is 60.2 Å². The molecular weight excluding hydrogens is 300 g/mol. The lowest BCUT2D eigenvalue weighted by atomic mass is 10.1. The minimum absolute atomic E-state index is 0.158. The summed E-state index contributed by atoms with van der Waals surface area (Å²) in [6.07, 6.45) is 3.58. The van der Waals surface area contributed by atoms with Gasteiger partial charge in [0.25, 0.3) is 0 Å². The van der Waals surface area contributed by atoms with E-state index in [1.54, 1.807) is 12.4 Å². The van der Waals surface area contributed by atoms with Crippen LogP contribution in [-0.2, 0) is 0 Å². The third kappa shape index (κ3) is 2.93. The molecular formula is C18H20N6. The third-order valence-corrected chi connectivity index (χ3v) is 4.36. The number of rotatable bonds is 4. The second-order valence-electron chi connectivity index (χ2n) is 6.06. The van der Waals surface area contributed by atoms with E-state index in [1.165, 1.54) is 5.56 Å². The molecule has 4 rings (SSSR count). The van der Waals surface area contributed by atoms with Crippen LogP contribution in [0.15, 0.2) is 48.8 Å². The van der Waals surface area contributed by atoms with E-state index in [-0.39, 0.29) is 12.0 Å². The SMILES string of the molecule is C[C@@H](Nc1nc(C2CNNC2)nc2cnccc12)c1ccccc1. The van der Waals surface area contributed by atoms with Gasteiger partial charge in [0.1, 0.15) is 11.6 Å². The monoisotopic (exact) mass is 320 g/mol. The van der Waals surface area contributed by atoms with E-state index in [2.05, 4.69) is 52.3 Å². The Morgan fingerprint density at radius 1 is 1.08 bits per heavy atom. The number of anilines is 1. The van der Waals surface area contributed by atoms with Gasteiger partial charge in [0, 0.05) is 36.6 Å². The van der Waals surface area contributed by atoms with Gasteiger partial charge in [-0.25, -0.2) is 9.97 Å². The molecule has 122 valence electrons. The van der Waals surface area contributed by atoms with Crippen LogP contribution in [0.4, 0.5) is 5.82 Å². The lowest BCUT2D eigenvalue weighted by molar-refractivity contribution is 0.689. The average Bonchev–Trinajstić information content (AvgIpc) is 3.17. The standard InChI is InChI=1S/C18H20N6/c1-12(13-5-3-2-4-6-13)22-18-15-7-8-19-11-16(15)23-17(24-18)14-9-20-21-10-14/h2-8,11-12,14,20-21H,9-10H2,1H3,(H,22,23,24)/t12-/m1/s1. The summed E-state index contributed by atoms with van der Waals surface area (Å²) in [5, 5.41) is 4.54. The van der Waals surface area contributed by atoms with Crippen LogP contribution in [0.3, 0.4) is 0 Å². The molecule has 6 nitrogen and oxygen atoms in total. The molecule has 1 aliphatic rings. The molecule has 3 aromatic rings. The molecule has 0 unspecified atom stereocenters. The minimum Gasteiger partial charge on any atom is -0.363 e. The average molecular weight is 320 g/mol. The highest BCUT2D eigenvalue weighted by atomic mass is 15.4. The summed E-state index contributed by atoms with van der Waals surface area (Å²) in [5.74, 6) is 1.97. The molecule has 1 atom stereocenters. The Bertz CT molecular complexity index is 829. The van der Waals surface area contributed by atoms with E-state index in [0.29, 0.717) is 0 Å². The van der Waals surface area contributed by atoms with Crippen molar-refractivity contribution in [3.8, 4) is 0 Å². The van der Waals surface area contributed by atoms with E-state index < -0.39 is 0 Å². The van der Waals surface area contributed by atoms with Crippen LogP contribution in [0.25, 0.3) is 10.9 Å². The third-order valence-electron chi connectivity index (χ3n) is 4.36. The number of benzene rings is 1. The number of aromatic nitrogens is 3. The second kappa shape index (κ2) is 6.51. The summed E-state index contributed by atoms with van der Waals surface area (Å²) >= 11 is 0. The summed E-state index contributed by atoms with van der Waals surface area (Å²) in [7, 11) is 0. The minimum atomic E-state index is 0.158. The zero-order valence-corrected chi connectivity index (χ0v) is 13.5. The van der Waals surface area contributed by atoms with Gasteiger partial charge >= 0.3 is 0 Å². The van der Waals surface area contributed by atoms with Gasteiger partial charge < -0.3 is 5.32 Å². The molecule has 3 heterocycles. The highest BCUT2D eigenvalue weighted by Gasteiger charge is 2.21. The summed E-state index contributed by atoms with van der Waals surface area (Å²) in [5.41, 5.74) is 8.38. The van der Waals surface area contributed by atoms with Gasteiger partial charge in [0.15, 0.2) is 0 Å². The molecule has 0 bridgehead atoms. The van der Waals surface area contributed by atoms with Crippen molar-refractivity contribution in [2.45, 2.75) is 18.9 Å². The summed E-state index contributed by atoms with van der Waals surface area (Å²) < 4.78 is 0. The van der Waals surface area contributed by atoms with Crippen molar-refractivity contribution in [1.82, 2.24) is 25.8 Å². The zero-order valence-electron chi connectivity index (χ0n) is 13.5.